The molecule has 0 unspecified atom stereocenters. The molecule has 0 aliphatic carbocycles. The number of primary amides is 1. The Bertz CT molecular complexity index is 465. The molecule has 9 heteroatoms. The second-order valence-electron chi connectivity index (χ2n) is 3.87. The number of imidazole rings is 1. The van der Waals surface area contributed by atoms with Crippen molar-refractivity contribution in [3.05, 3.63) is 16.6 Å². The lowest BCUT2D eigenvalue weighted by Crippen LogP contribution is -2.34. The maximum absolute atomic E-state index is 11.2. The topological polar surface area (TPSA) is 131 Å². The number of nitrogens with two attached hydrogens (primary N) is 1. The third kappa shape index (κ3) is 2.04. The minimum absolute atomic E-state index is 0.114. The van der Waals surface area contributed by atoms with Gasteiger partial charge in [0.1, 0.15) is 22.9 Å². The van der Waals surface area contributed by atoms with Crippen molar-refractivity contribution in [3.8, 4) is 0 Å². The van der Waals surface area contributed by atoms with Gasteiger partial charge in [0.15, 0.2) is 6.23 Å². The van der Waals surface area contributed by atoms with Crippen molar-refractivity contribution in [2.45, 2.75) is 24.5 Å². The van der Waals surface area contributed by atoms with Gasteiger partial charge in [0.2, 0.25) is 5.82 Å². The Morgan fingerprint density at radius 3 is 2.72 bits per heavy atom. The summed E-state index contributed by atoms with van der Waals surface area (Å²) in [6, 6.07) is 0. The number of nitrogens with zero attached hydrogens (tertiary/aromatic N) is 2. The van der Waals surface area contributed by atoms with Crippen molar-refractivity contribution >= 4 is 21.8 Å². The molecule has 4 atom stereocenters. The lowest BCUT2D eigenvalue weighted by molar-refractivity contribution is -0.0544. The van der Waals surface area contributed by atoms with Crippen molar-refractivity contribution < 1.29 is 24.9 Å². The molecular weight excluding hydrogens is 310 g/mol. The molecule has 1 amide bonds. The van der Waals surface area contributed by atoms with Gasteiger partial charge in [-0.25, -0.2) is 4.98 Å². The van der Waals surface area contributed by atoms with Gasteiger partial charge in [-0.3, -0.25) is 9.36 Å². The number of halogens is 1. The van der Waals surface area contributed by atoms with E-state index in [1.807, 2.05) is 0 Å². The van der Waals surface area contributed by atoms with Crippen molar-refractivity contribution in [1.29, 1.82) is 0 Å². The van der Waals surface area contributed by atoms with Crippen LogP contribution in [0.4, 0.5) is 0 Å². The van der Waals surface area contributed by atoms with E-state index in [1.54, 1.807) is 0 Å². The highest BCUT2D eigenvalue weighted by Crippen LogP contribution is 2.32. The van der Waals surface area contributed by atoms with Crippen LogP contribution in [0.15, 0.2) is 10.8 Å². The highest BCUT2D eigenvalue weighted by atomic mass is 79.9. The molecule has 1 fully saturated rings. The summed E-state index contributed by atoms with van der Waals surface area (Å²) in [6.45, 7) is -0.451. The maximum Gasteiger partial charge on any atom is 0.284 e. The number of carbonyl (C=O) groups excluding carboxylic acids is 1. The molecule has 18 heavy (non-hydrogen) atoms. The quantitative estimate of drug-likeness (QED) is 0.528. The van der Waals surface area contributed by atoms with Crippen LogP contribution in [0.3, 0.4) is 0 Å². The van der Waals surface area contributed by atoms with E-state index in [0.717, 1.165) is 0 Å². The van der Waals surface area contributed by atoms with Gasteiger partial charge < -0.3 is 25.8 Å². The van der Waals surface area contributed by atoms with E-state index < -0.39 is 37.1 Å². The molecule has 1 aromatic heterocycles. The SMILES string of the molecule is NC(=O)c1ncc(Br)n1[C@H]1O[C@@H](CO)[C@H](O)[C@@H]1O. The summed E-state index contributed by atoms with van der Waals surface area (Å²) in [5.74, 6) is -0.907. The predicted molar refractivity (Wildman–Crippen MR) is 61.5 cm³/mol. The van der Waals surface area contributed by atoms with Crippen LogP contribution in [0.5, 0.6) is 0 Å². The Kier molecular flexibility index (Phi) is 3.69. The van der Waals surface area contributed by atoms with Crippen molar-refractivity contribution in [3.63, 3.8) is 0 Å². The Hall–Kier alpha value is -1.00. The Morgan fingerprint density at radius 2 is 2.22 bits per heavy atom. The number of rotatable bonds is 3. The molecule has 1 aliphatic heterocycles. The number of carbonyl (C=O) groups is 1. The van der Waals surface area contributed by atoms with E-state index in [4.69, 9.17) is 15.6 Å². The molecule has 0 aromatic carbocycles. The maximum atomic E-state index is 11.2. The molecule has 0 spiro atoms. The highest BCUT2D eigenvalue weighted by Gasteiger charge is 2.44. The summed E-state index contributed by atoms with van der Waals surface area (Å²) in [5, 5.41) is 28.5. The van der Waals surface area contributed by atoms with Gasteiger partial charge in [0.05, 0.1) is 12.8 Å². The number of hydrogen-bond donors (Lipinski definition) is 4. The summed E-state index contributed by atoms with van der Waals surface area (Å²) < 4.78 is 6.88. The number of aliphatic hydroxyl groups is 3. The first-order valence-corrected chi connectivity index (χ1v) is 5.91. The van der Waals surface area contributed by atoms with Gasteiger partial charge in [-0.2, -0.15) is 0 Å². The van der Waals surface area contributed by atoms with Gasteiger partial charge >= 0.3 is 0 Å². The molecular formula is C9H12BrN3O5. The number of aromatic nitrogens is 2. The second-order valence-corrected chi connectivity index (χ2v) is 4.68. The summed E-state index contributed by atoms with van der Waals surface area (Å²) >= 11 is 3.14. The average Bonchev–Trinajstić information content (AvgIpc) is 2.82. The normalized spacial score (nSPS) is 31.8. The second kappa shape index (κ2) is 4.94. The number of aliphatic hydroxyl groups excluding tert-OH is 3. The number of amides is 1. The standard InChI is InChI=1S/C9H12BrN3O5/c10-4-1-12-8(7(11)17)13(4)9-6(16)5(15)3(2-14)18-9/h1,3,5-6,9,14-16H,2H2,(H2,11,17)/t3-,5-,6-,9-/m0/s1. The van der Waals surface area contributed by atoms with Crippen LogP contribution in [0.25, 0.3) is 0 Å². The van der Waals surface area contributed by atoms with Gasteiger partial charge in [0, 0.05) is 0 Å². The minimum Gasteiger partial charge on any atom is -0.394 e. The van der Waals surface area contributed by atoms with Crippen molar-refractivity contribution in [2.75, 3.05) is 6.61 Å². The smallest absolute Gasteiger partial charge is 0.284 e. The van der Waals surface area contributed by atoms with Crippen molar-refractivity contribution in [1.82, 2.24) is 9.55 Å². The van der Waals surface area contributed by atoms with Gasteiger partial charge in [-0.1, -0.05) is 0 Å². The predicted octanol–water partition coefficient (Wildman–Crippen LogP) is -1.64. The fourth-order valence-corrected chi connectivity index (χ4v) is 2.33. The lowest BCUT2D eigenvalue weighted by atomic mass is 10.1. The third-order valence-corrected chi connectivity index (χ3v) is 3.33. The van der Waals surface area contributed by atoms with Crippen LogP contribution in [0.2, 0.25) is 0 Å². The molecule has 0 saturated carbocycles. The summed E-state index contributed by atoms with van der Waals surface area (Å²) in [7, 11) is 0. The Balaban J connectivity index is 2.38. The van der Waals surface area contributed by atoms with Crippen LogP contribution < -0.4 is 5.73 Å². The third-order valence-electron chi connectivity index (χ3n) is 2.74. The van der Waals surface area contributed by atoms with Crippen LogP contribution >= 0.6 is 15.9 Å². The number of hydrogen-bond acceptors (Lipinski definition) is 6. The van der Waals surface area contributed by atoms with E-state index >= 15 is 0 Å². The molecule has 2 heterocycles. The highest BCUT2D eigenvalue weighted by molar-refractivity contribution is 9.10. The van der Waals surface area contributed by atoms with E-state index in [9.17, 15) is 15.0 Å². The molecule has 100 valence electrons. The summed E-state index contributed by atoms with van der Waals surface area (Å²) in [6.07, 6.45) is -3.20. The van der Waals surface area contributed by atoms with Crippen LogP contribution in [0, 0.1) is 0 Å². The lowest BCUT2D eigenvalue weighted by Gasteiger charge is -2.18. The zero-order valence-corrected chi connectivity index (χ0v) is 10.7. The van der Waals surface area contributed by atoms with Crippen molar-refractivity contribution in [2.24, 2.45) is 5.73 Å². The minimum atomic E-state index is -1.30. The molecule has 1 aliphatic rings. The van der Waals surface area contributed by atoms with Crippen LogP contribution in [-0.2, 0) is 4.74 Å². The zero-order chi connectivity index (χ0) is 13.4. The number of ether oxygens (including phenoxy) is 1. The van der Waals surface area contributed by atoms with Gasteiger partial charge in [-0.05, 0) is 15.9 Å². The monoisotopic (exact) mass is 321 g/mol. The largest absolute Gasteiger partial charge is 0.394 e. The molecule has 8 nitrogen and oxygen atoms in total. The molecule has 1 aromatic rings. The summed E-state index contributed by atoms with van der Waals surface area (Å²) in [4.78, 5) is 15.0. The zero-order valence-electron chi connectivity index (χ0n) is 9.10. The molecule has 0 bridgehead atoms. The molecule has 5 N–H and O–H groups in total. The van der Waals surface area contributed by atoms with E-state index in [0.29, 0.717) is 4.60 Å². The Labute approximate surface area is 110 Å². The average molecular weight is 322 g/mol. The van der Waals surface area contributed by atoms with Crippen LogP contribution in [-0.4, -0.2) is 55.7 Å². The first kappa shape index (κ1) is 13.4. The summed E-state index contributed by atoms with van der Waals surface area (Å²) in [5.41, 5.74) is 5.15. The van der Waals surface area contributed by atoms with Gasteiger partial charge in [-0.15, -0.1) is 0 Å². The van der Waals surface area contributed by atoms with E-state index in [1.165, 1.54) is 10.8 Å². The fourth-order valence-electron chi connectivity index (χ4n) is 1.86. The first-order valence-electron chi connectivity index (χ1n) is 5.12. The molecule has 0 radical (unpaired) electrons. The first-order chi connectivity index (χ1) is 8.47. The van der Waals surface area contributed by atoms with Crippen LogP contribution in [0.1, 0.15) is 16.8 Å². The Morgan fingerprint density at radius 1 is 1.56 bits per heavy atom. The fraction of sp³-hybridized carbons (Fsp3) is 0.556. The van der Waals surface area contributed by atoms with E-state index in [2.05, 4.69) is 20.9 Å². The molecule has 1 saturated heterocycles. The molecule has 2 rings (SSSR count). The van der Waals surface area contributed by atoms with Gasteiger partial charge in [0.25, 0.3) is 5.91 Å². The van der Waals surface area contributed by atoms with E-state index in [-0.39, 0.29) is 5.82 Å².